The monoisotopic (exact) mass is 308 g/mol. The van der Waals surface area contributed by atoms with E-state index in [-0.39, 0.29) is 5.69 Å². The Balaban J connectivity index is 1.81. The number of aromatic nitrogens is 3. The first-order valence-corrected chi connectivity index (χ1v) is 7.98. The molecule has 1 aromatic carbocycles. The molecule has 1 saturated carbocycles. The second-order valence-corrected chi connectivity index (χ2v) is 6.52. The van der Waals surface area contributed by atoms with Crippen LogP contribution in [0.1, 0.15) is 12.8 Å². The lowest BCUT2D eigenvalue weighted by Crippen LogP contribution is -2.17. The smallest absolute Gasteiger partial charge is 0.327 e. The predicted octanol–water partition coefficient (Wildman–Crippen LogP) is 2.87. The Morgan fingerprint density at radius 2 is 2.09 bits per heavy atom. The zero-order chi connectivity index (χ0) is 16.0. The third kappa shape index (κ3) is 2.63. The minimum Gasteiger partial charge on any atom is -0.378 e. The Morgan fingerprint density at radius 3 is 2.83 bits per heavy atom. The maximum absolute atomic E-state index is 12.2. The highest BCUT2D eigenvalue weighted by Gasteiger charge is 2.23. The number of benzene rings is 1. The lowest BCUT2D eigenvalue weighted by molar-refractivity contribution is 0.624. The third-order valence-corrected chi connectivity index (χ3v) is 4.46. The van der Waals surface area contributed by atoms with Gasteiger partial charge in [-0.1, -0.05) is 12.1 Å². The molecule has 0 amide bonds. The van der Waals surface area contributed by atoms with Crippen molar-refractivity contribution in [1.29, 1.82) is 0 Å². The van der Waals surface area contributed by atoms with Gasteiger partial charge in [0.05, 0.1) is 5.52 Å². The summed E-state index contributed by atoms with van der Waals surface area (Å²) in [5.41, 5.74) is 4.80. The van der Waals surface area contributed by atoms with Gasteiger partial charge in [0.2, 0.25) is 0 Å². The van der Waals surface area contributed by atoms with Gasteiger partial charge in [-0.3, -0.25) is 9.55 Å². The highest BCUT2D eigenvalue weighted by atomic mass is 16.1. The summed E-state index contributed by atoms with van der Waals surface area (Å²) < 4.78 is 1.83. The van der Waals surface area contributed by atoms with Crippen molar-refractivity contribution in [3.05, 3.63) is 47.0 Å². The van der Waals surface area contributed by atoms with Crippen LogP contribution in [0, 0.1) is 5.92 Å². The van der Waals surface area contributed by atoms with Crippen LogP contribution in [0.25, 0.3) is 22.3 Å². The highest BCUT2D eigenvalue weighted by Crippen LogP contribution is 2.31. The van der Waals surface area contributed by atoms with Crippen molar-refractivity contribution in [2.24, 2.45) is 5.92 Å². The molecular weight excluding hydrogens is 288 g/mol. The van der Waals surface area contributed by atoms with Crippen molar-refractivity contribution < 1.29 is 0 Å². The standard InChI is InChI=1S/C18H20N4O/c1-21(2)15-5-3-4-13(8-15)14-9-16-17(19-10-14)20-18(23)22(16)11-12-6-7-12/h3-5,8-10,12H,6-7,11H2,1-2H3,(H,19,20,23). The van der Waals surface area contributed by atoms with E-state index in [0.717, 1.165) is 28.9 Å². The molecule has 1 aliphatic carbocycles. The van der Waals surface area contributed by atoms with Crippen LogP contribution in [-0.4, -0.2) is 28.6 Å². The van der Waals surface area contributed by atoms with Crippen LogP contribution in [0.4, 0.5) is 5.69 Å². The Kier molecular flexibility index (Phi) is 3.22. The van der Waals surface area contributed by atoms with Crippen molar-refractivity contribution in [2.75, 3.05) is 19.0 Å². The van der Waals surface area contributed by atoms with Crippen molar-refractivity contribution in [3.8, 4) is 11.1 Å². The summed E-state index contributed by atoms with van der Waals surface area (Å²) in [6.45, 7) is 0.793. The molecule has 0 atom stereocenters. The topological polar surface area (TPSA) is 53.9 Å². The molecule has 1 N–H and O–H groups in total. The summed E-state index contributed by atoms with van der Waals surface area (Å²) in [4.78, 5) is 21.5. The van der Waals surface area contributed by atoms with E-state index in [1.807, 2.05) is 30.9 Å². The highest BCUT2D eigenvalue weighted by molar-refractivity contribution is 5.79. The van der Waals surface area contributed by atoms with Crippen LogP contribution in [0.15, 0.2) is 41.3 Å². The number of nitrogens with one attached hydrogen (secondary N) is 1. The van der Waals surface area contributed by atoms with Crippen LogP contribution in [0.3, 0.4) is 0 Å². The number of anilines is 1. The van der Waals surface area contributed by atoms with E-state index < -0.39 is 0 Å². The maximum atomic E-state index is 12.2. The average molecular weight is 308 g/mol. The largest absolute Gasteiger partial charge is 0.378 e. The van der Waals surface area contributed by atoms with E-state index in [1.165, 1.54) is 12.8 Å². The van der Waals surface area contributed by atoms with Gasteiger partial charge in [0.15, 0.2) is 5.65 Å². The molecule has 0 unspecified atom stereocenters. The van der Waals surface area contributed by atoms with E-state index in [1.54, 1.807) is 0 Å². The van der Waals surface area contributed by atoms with Gasteiger partial charge in [0.25, 0.3) is 0 Å². The molecular formula is C18H20N4O. The minimum absolute atomic E-state index is 0.0569. The average Bonchev–Trinajstić information content (AvgIpc) is 3.32. The molecule has 5 nitrogen and oxygen atoms in total. The Labute approximate surface area is 134 Å². The molecule has 3 aromatic rings. The number of pyridine rings is 1. The van der Waals surface area contributed by atoms with E-state index in [9.17, 15) is 4.79 Å². The van der Waals surface area contributed by atoms with E-state index in [2.05, 4.69) is 39.1 Å². The van der Waals surface area contributed by atoms with Crippen LogP contribution in [-0.2, 0) is 6.54 Å². The summed E-state index contributed by atoms with van der Waals surface area (Å²) >= 11 is 0. The maximum Gasteiger partial charge on any atom is 0.327 e. The van der Waals surface area contributed by atoms with Gasteiger partial charge in [0.1, 0.15) is 0 Å². The zero-order valence-electron chi connectivity index (χ0n) is 13.4. The third-order valence-electron chi connectivity index (χ3n) is 4.46. The predicted molar refractivity (Wildman–Crippen MR) is 92.8 cm³/mol. The van der Waals surface area contributed by atoms with E-state index in [0.29, 0.717) is 11.6 Å². The number of hydrogen-bond acceptors (Lipinski definition) is 3. The molecule has 2 heterocycles. The second kappa shape index (κ2) is 5.26. The van der Waals surface area contributed by atoms with Gasteiger partial charge in [0, 0.05) is 38.1 Å². The van der Waals surface area contributed by atoms with Crippen molar-refractivity contribution >= 4 is 16.9 Å². The Bertz CT molecular complexity index is 918. The van der Waals surface area contributed by atoms with Crippen LogP contribution >= 0.6 is 0 Å². The molecule has 5 heteroatoms. The molecule has 0 bridgehead atoms. The molecule has 0 spiro atoms. The van der Waals surface area contributed by atoms with Crippen LogP contribution in [0.2, 0.25) is 0 Å². The number of H-pyrrole nitrogens is 1. The van der Waals surface area contributed by atoms with Gasteiger partial charge in [-0.05, 0) is 42.5 Å². The van der Waals surface area contributed by atoms with Gasteiger partial charge in [-0.2, -0.15) is 0 Å². The van der Waals surface area contributed by atoms with Crippen molar-refractivity contribution in [1.82, 2.24) is 14.5 Å². The first kappa shape index (κ1) is 14.1. The summed E-state index contributed by atoms with van der Waals surface area (Å²) in [7, 11) is 4.06. The molecule has 2 aromatic heterocycles. The van der Waals surface area contributed by atoms with Gasteiger partial charge < -0.3 is 4.90 Å². The van der Waals surface area contributed by atoms with Crippen molar-refractivity contribution in [3.63, 3.8) is 0 Å². The van der Waals surface area contributed by atoms with Gasteiger partial charge in [-0.25, -0.2) is 9.78 Å². The summed E-state index contributed by atoms with van der Waals surface area (Å²) in [5, 5.41) is 0. The Morgan fingerprint density at radius 1 is 1.26 bits per heavy atom. The number of hydrogen-bond donors (Lipinski definition) is 1. The molecule has 0 radical (unpaired) electrons. The normalized spacial score (nSPS) is 14.3. The molecule has 0 saturated heterocycles. The zero-order valence-corrected chi connectivity index (χ0v) is 13.4. The quantitative estimate of drug-likeness (QED) is 0.806. The summed E-state index contributed by atoms with van der Waals surface area (Å²) in [6.07, 6.45) is 4.27. The molecule has 23 heavy (non-hydrogen) atoms. The molecule has 4 rings (SSSR count). The fourth-order valence-corrected chi connectivity index (χ4v) is 2.89. The summed E-state index contributed by atoms with van der Waals surface area (Å²) in [6, 6.07) is 10.4. The SMILES string of the molecule is CN(C)c1cccc(-c2cnc3[nH]c(=O)n(CC4CC4)c3c2)c1. The number of nitrogens with zero attached hydrogens (tertiary/aromatic N) is 3. The number of fused-ring (bicyclic) bond motifs is 1. The number of aromatic amines is 1. The fourth-order valence-electron chi connectivity index (χ4n) is 2.89. The lowest BCUT2D eigenvalue weighted by atomic mass is 10.1. The number of imidazole rings is 1. The van der Waals surface area contributed by atoms with Crippen molar-refractivity contribution in [2.45, 2.75) is 19.4 Å². The van der Waals surface area contributed by atoms with Crippen LogP contribution < -0.4 is 10.6 Å². The molecule has 1 aliphatic rings. The van der Waals surface area contributed by atoms with Gasteiger partial charge >= 0.3 is 5.69 Å². The van der Waals surface area contributed by atoms with E-state index in [4.69, 9.17) is 0 Å². The number of rotatable bonds is 4. The first-order chi connectivity index (χ1) is 11.1. The van der Waals surface area contributed by atoms with E-state index >= 15 is 0 Å². The minimum atomic E-state index is -0.0569. The first-order valence-electron chi connectivity index (χ1n) is 7.98. The fraction of sp³-hybridized carbons (Fsp3) is 0.333. The lowest BCUT2D eigenvalue weighted by Gasteiger charge is -2.13. The Hall–Kier alpha value is -2.56. The molecule has 0 aliphatic heterocycles. The molecule has 118 valence electrons. The molecule has 1 fully saturated rings. The van der Waals surface area contributed by atoms with Gasteiger partial charge in [-0.15, -0.1) is 0 Å². The second-order valence-electron chi connectivity index (χ2n) is 6.52. The van der Waals surface area contributed by atoms with Crippen LogP contribution in [0.5, 0.6) is 0 Å². The summed E-state index contributed by atoms with van der Waals surface area (Å²) in [5.74, 6) is 0.646.